The molecule has 1 aromatic carbocycles. The Labute approximate surface area is 114 Å². The molecule has 0 bridgehead atoms. The SMILES string of the molecule is CC(=O)Nc1cc(NCc2ncc(C)o2)c(F)cc1F. The number of amides is 1. The molecule has 0 unspecified atom stereocenters. The summed E-state index contributed by atoms with van der Waals surface area (Å²) in [6, 6.07) is 1.89. The number of rotatable bonds is 4. The van der Waals surface area contributed by atoms with Crippen LogP contribution >= 0.6 is 0 Å². The Bertz CT molecular complexity index is 641. The van der Waals surface area contributed by atoms with Gasteiger partial charge in [-0.3, -0.25) is 4.79 Å². The third kappa shape index (κ3) is 3.31. The van der Waals surface area contributed by atoms with Gasteiger partial charge in [-0.1, -0.05) is 0 Å². The molecule has 2 rings (SSSR count). The van der Waals surface area contributed by atoms with Crippen LogP contribution in [0, 0.1) is 18.6 Å². The number of benzene rings is 1. The highest BCUT2D eigenvalue weighted by Gasteiger charge is 2.11. The van der Waals surface area contributed by atoms with Crippen molar-refractivity contribution in [1.82, 2.24) is 4.98 Å². The van der Waals surface area contributed by atoms with Gasteiger partial charge in [-0.15, -0.1) is 0 Å². The number of aromatic nitrogens is 1. The van der Waals surface area contributed by atoms with Crippen molar-refractivity contribution in [2.24, 2.45) is 0 Å². The van der Waals surface area contributed by atoms with Gasteiger partial charge in [-0.05, 0) is 13.0 Å². The normalized spacial score (nSPS) is 10.4. The van der Waals surface area contributed by atoms with Crippen LogP contribution in [0.4, 0.5) is 20.2 Å². The Balaban J connectivity index is 2.16. The molecule has 7 heteroatoms. The van der Waals surface area contributed by atoms with Crippen molar-refractivity contribution in [3.63, 3.8) is 0 Å². The lowest BCUT2D eigenvalue weighted by Gasteiger charge is -2.10. The van der Waals surface area contributed by atoms with Crippen molar-refractivity contribution in [3.05, 3.63) is 41.6 Å². The van der Waals surface area contributed by atoms with Crippen LogP contribution in [0.3, 0.4) is 0 Å². The van der Waals surface area contributed by atoms with E-state index in [1.165, 1.54) is 13.0 Å². The zero-order chi connectivity index (χ0) is 14.7. The Morgan fingerprint density at radius 2 is 2.00 bits per heavy atom. The minimum absolute atomic E-state index is 0.0472. The van der Waals surface area contributed by atoms with Gasteiger partial charge in [0.1, 0.15) is 17.4 Å². The van der Waals surface area contributed by atoms with Gasteiger partial charge < -0.3 is 15.1 Å². The molecule has 2 aromatic rings. The minimum atomic E-state index is -0.838. The fourth-order valence-electron chi connectivity index (χ4n) is 1.62. The molecule has 0 fully saturated rings. The number of hydrogen-bond donors (Lipinski definition) is 2. The molecular weight excluding hydrogens is 268 g/mol. The average molecular weight is 281 g/mol. The molecule has 2 N–H and O–H groups in total. The lowest BCUT2D eigenvalue weighted by Crippen LogP contribution is -2.09. The number of carbonyl (C=O) groups excluding carboxylic acids is 1. The molecule has 0 atom stereocenters. The van der Waals surface area contributed by atoms with E-state index in [1.54, 1.807) is 13.1 Å². The maximum atomic E-state index is 13.6. The maximum Gasteiger partial charge on any atom is 0.221 e. The zero-order valence-electron chi connectivity index (χ0n) is 11.0. The van der Waals surface area contributed by atoms with Gasteiger partial charge in [0.15, 0.2) is 0 Å². The molecule has 0 aliphatic heterocycles. The van der Waals surface area contributed by atoms with Crippen LogP contribution in [0.15, 0.2) is 22.7 Å². The summed E-state index contributed by atoms with van der Waals surface area (Å²) in [6.45, 7) is 3.13. The summed E-state index contributed by atoms with van der Waals surface area (Å²) < 4.78 is 32.3. The largest absolute Gasteiger partial charge is 0.444 e. The predicted molar refractivity (Wildman–Crippen MR) is 69.2 cm³/mol. The second-order valence-electron chi connectivity index (χ2n) is 4.21. The number of aryl methyl sites for hydroxylation is 1. The molecule has 0 saturated carbocycles. The summed E-state index contributed by atoms with van der Waals surface area (Å²) in [4.78, 5) is 14.9. The van der Waals surface area contributed by atoms with Crippen molar-refractivity contribution < 1.29 is 18.0 Å². The number of nitrogens with one attached hydrogen (secondary N) is 2. The van der Waals surface area contributed by atoms with Crippen LogP contribution in [0.2, 0.25) is 0 Å². The smallest absolute Gasteiger partial charge is 0.221 e. The van der Waals surface area contributed by atoms with Gasteiger partial charge in [0.2, 0.25) is 11.8 Å². The van der Waals surface area contributed by atoms with E-state index in [0.29, 0.717) is 17.7 Å². The van der Waals surface area contributed by atoms with Crippen LogP contribution in [0.1, 0.15) is 18.6 Å². The molecule has 1 aromatic heterocycles. The standard InChI is InChI=1S/C13H13F2N3O2/c1-7-5-17-13(20-7)6-16-11-4-12(18-8(2)19)10(15)3-9(11)14/h3-5,16H,6H2,1-2H3,(H,18,19). The number of halogens is 2. The lowest BCUT2D eigenvalue weighted by molar-refractivity contribution is -0.114. The molecule has 0 aliphatic carbocycles. The van der Waals surface area contributed by atoms with Crippen molar-refractivity contribution in [1.29, 1.82) is 0 Å². The summed E-state index contributed by atoms with van der Waals surface area (Å²) in [5.41, 5.74) is -0.0454. The Morgan fingerprint density at radius 3 is 2.60 bits per heavy atom. The second-order valence-corrected chi connectivity index (χ2v) is 4.21. The van der Waals surface area contributed by atoms with Crippen molar-refractivity contribution in [3.8, 4) is 0 Å². The van der Waals surface area contributed by atoms with E-state index in [4.69, 9.17) is 4.42 Å². The molecule has 106 valence electrons. The average Bonchev–Trinajstić information content (AvgIpc) is 2.76. The first kappa shape index (κ1) is 14.0. The van der Waals surface area contributed by atoms with Crippen LogP contribution in [0.5, 0.6) is 0 Å². The molecule has 0 saturated heterocycles. The molecule has 1 amide bonds. The van der Waals surface area contributed by atoms with E-state index in [0.717, 1.165) is 0 Å². The number of anilines is 2. The first-order valence-electron chi connectivity index (χ1n) is 5.87. The Hall–Kier alpha value is -2.44. The molecule has 0 radical (unpaired) electrons. The molecular formula is C13H13F2N3O2. The summed E-state index contributed by atoms with van der Waals surface area (Å²) >= 11 is 0. The third-order valence-electron chi connectivity index (χ3n) is 2.47. The van der Waals surface area contributed by atoms with E-state index in [2.05, 4.69) is 15.6 Å². The van der Waals surface area contributed by atoms with Gasteiger partial charge in [-0.2, -0.15) is 0 Å². The van der Waals surface area contributed by atoms with Crippen LogP contribution in [-0.2, 0) is 11.3 Å². The molecule has 0 aliphatic rings. The first-order chi connectivity index (χ1) is 9.45. The van der Waals surface area contributed by atoms with Crippen molar-refractivity contribution in [2.75, 3.05) is 10.6 Å². The predicted octanol–water partition coefficient (Wildman–Crippen LogP) is 2.83. The fourth-order valence-corrected chi connectivity index (χ4v) is 1.62. The quantitative estimate of drug-likeness (QED) is 0.904. The van der Waals surface area contributed by atoms with Gasteiger partial charge in [-0.25, -0.2) is 13.8 Å². The van der Waals surface area contributed by atoms with Gasteiger partial charge >= 0.3 is 0 Å². The first-order valence-corrected chi connectivity index (χ1v) is 5.87. The van der Waals surface area contributed by atoms with Gasteiger partial charge in [0, 0.05) is 13.0 Å². The Kier molecular flexibility index (Phi) is 3.97. The van der Waals surface area contributed by atoms with Crippen LogP contribution < -0.4 is 10.6 Å². The third-order valence-corrected chi connectivity index (χ3v) is 2.47. The highest BCUT2D eigenvalue weighted by molar-refractivity contribution is 5.89. The molecule has 0 spiro atoms. The van der Waals surface area contributed by atoms with Crippen LogP contribution in [-0.4, -0.2) is 10.9 Å². The van der Waals surface area contributed by atoms with Gasteiger partial charge in [0.25, 0.3) is 0 Å². The number of carbonyl (C=O) groups is 1. The summed E-state index contributed by atoms with van der Waals surface area (Å²) in [5, 5.41) is 5.02. The molecule has 1 heterocycles. The fraction of sp³-hybridized carbons (Fsp3) is 0.231. The van der Waals surface area contributed by atoms with Crippen molar-refractivity contribution in [2.45, 2.75) is 20.4 Å². The van der Waals surface area contributed by atoms with E-state index in [-0.39, 0.29) is 17.9 Å². The Morgan fingerprint density at radius 1 is 1.30 bits per heavy atom. The second kappa shape index (κ2) is 5.68. The van der Waals surface area contributed by atoms with E-state index >= 15 is 0 Å². The summed E-state index contributed by atoms with van der Waals surface area (Å²) in [5.74, 6) is -1.02. The number of nitrogens with zero attached hydrogens (tertiary/aromatic N) is 1. The molecule has 5 nitrogen and oxygen atoms in total. The number of oxazole rings is 1. The van der Waals surface area contributed by atoms with E-state index in [9.17, 15) is 13.6 Å². The number of hydrogen-bond acceptors (Lipinski definition) is 4. The van der Waals surface area contributed by atoms with Crippen LogP contribution in [0.25, 0.3) is 0 Å². The lowest BCUT2D eigenvalue weighted by atomic mass is 10.2. The maximum absolute atomic E-state index is 13.6. The van der Waals surface area contributed by atoms with E-state index in [1.807, 2.05) is 0 Å². The zero-order valence-corrected chi connectivity index (χ0v) is 11.0. The molecule has 20 heavy (non-hydrogen) atoms. The van der Waals surface area contributed by atoms with Crippen molar-refractivity contribution >= 4 is 17.3 Å². The van der Waals surface area contributed by atoms with Gasteiger partial charge in [0.05, 0.1) is 24.1 Å². The highest BCUT2D eigenvalue weighted by atomic mass is 19.1. The topological polar surface area (TPSA) is 67.2 Å². The minimum Gasteiger partial charge on any atom is -0.444 e. The highest BCUT2D eigenvalue weighted by Crippen LogP contribution is 2.24. The monoisotopic (exact) mass is 281 g/mol. The summed E-state index contributed by atoms with van der Waals surface area (Å²) in [6.07, 6.45) is 1.54. The summed E-state index contributed by atoms with van der Waals surface area (Å²) in [7, 11) is 0. The van der Waals surface area contributed by atoms with E-state index < -0.39 is 17.5 Å².